The maximum absolute atomic E-state index is 16.0. The molecule has 0 spiro atoms. The van der Waals surface area contributed by atoms with Crippen molar-refractivity contribution in [3.8, 4) is 22.7 Å². The molecule has 2 unspecified atom stereocenters. The summed E-state index contributed by atoms with van der Waals surface area (Å²) < 4.78 is 32.5. The molecule has 2 atom stereocenters. The highest BCUT2D eigenvalue weighted by molar-refractivity contribution is 6.00. The number of nitrogens with zero attached hydrogens (tertiary/aromatic N) is 5. The molecule has 0 saturated carbocycles. The first kappa shape index (κ1) is 28.3. The number of aromatic nitrogens is 3. The largest absolute Gasteiger partial charge is 0.507 e. The number of phenolic OH excluding ortho intramolecular Hbond substituents is 1. The molecule has 11 heteroatoms. The lowest BCUT2D eigenvalue weighted by Crippen LogP contribution is -2.63. The highest BCUT2D eigenvalue weighted by Crippen LogP contribution is 2.42. The first-order valence-corrected chi connectivity index (χ1v) is 14.2. The van der Waals surface area contributed by atoms with Gasteiger partial charge in [-0.15, -0.1) is 0 Å². The topological polar surface area (TPSA) is 104 Å². The fourth-order valence-electron chi connectivity index (χ4n) is 6.39. The number of aryl methyl sites for hydroxylation is 1. The van der Waals surface area contributed by atoms with Crippen LogP contribution >= 0.6 is 0 Å². The standard InChI is InChI=1S/C32H32F2N6O3/c1-6-24(42)38-14-18(5)39-19(15-38)13-36-28-30(39)20-12-22(34)27(25-21(33)8-7-9-23(25)41)37-31(20)40(32(28)43)29-17(4)10-11-35-26(29)16(2)3/h6-12,16,18-19,36,41H,1,13-15H2,2-5H3. The fraction of sp³-hybridized carbons (Fsp3) is 0.312. The van der Waals surface area contributed by atoms with Crippen LogP contribution in [-0.2, 0) is 4.79 Å². The average molecular weight is 587 g/mol. The lowest BCUT2D eigenvalue weighted by atomic mass is 9.98. The Kier molecular flexibility index (Phi) is 6.90. The van der Waals surface area contributed by atoms with E-state index in [-0.39, 0.29) is 35.2 Å². The molecule has 5 heterocycles. The quantitative estimate of drug-likeness (QED) is 0.329. The van der Waals surface area contributed by atoms with Crippen LogP contribution in [0.15, 0.2) is 54.0 Å². The number of hydrogen-bond donors (Lipinski definition) is 2. The van der Waals surface area contributed by atoms with Gasteiger partial charge in [0.1, 0.15) is 22.9 Å². The maximum Gasteiger partial charge on any atom is 0.282 e. The number of aromatic hydroxyl groups is 1. The molecule has 1 fully saturated rings. The number of anilines is 2. The van der Waals surface area contributed by atoms with E-state index >= 15 is 8.78 Å². The Morgan fingerprint density at radius 2 is 1.95 bits per heavy atom. The molecule has 43 heavy (non-hydrogen) atoms. The Balaban J connectivity index is 1.71. The summed E-state index contributed by atoms with van der Waals surface area (Å²) in [4.78, 5) is 40.0. The van der Waals surface area contributed by atoms with Crippen LogP contribution in [0.2, 0.25) is 0 Å². The summed E-state index contributed by atoms with van der Waals surface area (Å²) in [5.74, 6) is -2.44. The van der Waals surface area contributed by atoms with E-state index in [9.17, 15) is 14.7 Å². The lowest BCUT2D eigenvalue weighted by molar-refractivity contribution is -0.127. The first-order chi connectivity index (χ1) is 20.5. The van der Waals surface area contributed by atoms with E-state index in [1.807, 2.05) is 32.6 Å². The van der Waals surface area contributed by atoms with Crippen LogP contribution < -0.4 is 15.8 Å². The van der Waals surface area contributed by atoms with Crippen molar-refractivity contribution in [1.29, 1.82) is 0 Å². The van der Waals surface area contributed by atoms with Gasteiger partial charge in [-0.1, -0.05) is 26.5 Å². The zero-order valence-electron chi connectivity index (χ0n) is 24.4. The second kappa shape index (κ2) is 10.5. The van der Waals surface area contributed by atoms with Crippen molar-refractivity contribution in [2.75, 3.05) is 29.9 Å². The van der Waals surface area contributed by atoms with Gasteiger partial charge in [0, 0.05) is 37.3 Å². The van der Waals surface area contributed by atoms with E-state index in [4.69, 9.17) is 0 Å². The number of carbonyl (C=O) groups excluding carboxylic acids is 1. The molecule has 4 aromatic rings. The van der Waals surface area contributed by atoms with E-state index in [1.54, 1.807) is 17.2 Å². The van der Waals surface area contributed by atoms with Gasteiger partial charge in [0.25, 0.3) is 5.56 Å². The molecule has 222 valence electrons. The summed E-state index contributed by atoms with van der Waals surface area (Å²) in [5.41, 5.74) is 1.51. The van der Waals surface area contributed by atoms with E-state index < -0.39 is 34.2 Å². The van der Waals surface area contributed by atoms with Crippen molar-refractivity contribution in [3.05, 3.63) is 82.4 Å². The Labute approximate surface area is 247 Å². The fourth-order valence-corrected chi connectivity index (χ4v) is 6.39. The van der Waals surface area contributed by atoms with Crippen molar-refractivity contribution in [3.63, 3.8) is 0 Å². The Bertz CT molecular complexity index is 1850. The number of piperazine rings is 1. The van der Waals surface area contributed by atoms with Crippen molar-refractivity contribution in [2.45, 2.75) is 45.7 Å². The molecule has 6 rings (SSSR count). The lowest BCUT2D eigenvalue weighted by Gasteiger charge is -2.50. The zero-order chi connectivity index (χ0) is 30.7. The van der Waals surface area contributed by atoms with Gasteiger partial charge < -0.3 is 20.2 Å². The number of pyridine rings is 3. The van der Waals surface area contributed by atoms with Crippen LogP contribution in [-0.4, -0.2) is 62.2 Å². The average Bonchev–Trinajstić information content (AvgIpc) is 2.97. The number of carbonyl (C=O) groups is 1. The minimum Gasteiger partial charge on any atom is -0.507 e. The molecular weight excluding hydrogens is 554 g/mol. The summed E-state index contributed by atoms with van der Waals surface area (Å²) in [6.45, 7) is 12.5. The van der Waals surface area contributed by atoms with Gasteiger partial charge in [0.05, 0.1) is 28.7 Å². The molecular formula is C32H32F2N6O3. The maximum atomic E-state index is 16.0. The van der Waals surface area contributed by atoms with Gasteiger partial charge in [-0.25, -0.2) is 13.8 Å². The molecule has 9 nitrogen and oxygen atoms in total. The minimum absolute atomic E-state index is 0.0729. The molecule has 3 aromatic heterocycles. The number of nitrogens with one attached hydrogen (secondary N) is 1. The van der Waals surface area contributed by atoms with Gasteiger partial charge in [-0.3, -0.25) is 19.1 Å². The van der Waals surface area contributed by atoms with Gasteiger partial charge in [-0.05, 0) is 55.7 Å². The van der Waals surface area contributed by atoms with Crippen molar-refractivity contribution in [1.82, 2.24) is 19.4 Å². The van der Waals surface area contributed by atoms with Gasteiger partial charge in [-0.2, -0.15) is 0 Å². The van der Waals surface area contributed by atoms with E-state index in [0.717, 1.165) is 11.6 Å². The number of benzene rings is 1. The molecule has 1 aromatic carbocycles. The first-order valence-electron chi connectivity index (χ1n) is 14.2. The predicted molar refractivity (Wildman–Crippen MR) is 162 cm³/mol. The van der Waals surface area contributed by atoms with Gasteiger partial charge in [0.15, 0.2) is 11.5 Å². The van der Waals surface area contributed by atoms with E-state index in [1.165, 1.54) is 28.8 Å². The summed E-state index contributed by atoms with van der Waals surface area (Å²) in [5, 5.41) is 14.1. The molecule has 1 saturated heterocycles. The highest BCUT2D eigenvalue weighted by atomic mass is 19.1. The van der Waals surface area contributed by atoms with Crippen LogP contribution in [0.1, 0.15) is 37.9 Å². The summed E-state index contributed by atoms with van der Waals surface area (Å²) in [7, 11) is 0. The van der Waals surface area contributed by atoms with Crippen molar-refractivity contribution in [2.24, 2.45) is 0 Å². The second-order valence-electron chi connectivity index (χ2n) is 11.4. The van der Waals surface area contributed by atoms with Gasteiger partial charge in [0.2, 0.25) is 5.91 Å². The van der Waals surface area contributed by atoms with Crippen molar-refractivity contribution < 1.29 is 18.7 Å². The monoisotopic (exact) mass is 586 g/mol. The highest BCUT2D eigenvalue weighted by Gasteiger charge is 2.40. The molecule has 0 bridgehead atoms. The summed E-state index contributed by atoms with van der Waals surface area (Å²) >= 11 is 0. The van der Waals surface area contributed by atoms with Crippen LogP contribution in [0, 0.1) is 18.6 Å². The van der Waals surface area contributed by atoms with Crippen LogP contribution in [0.5, 0.6) is 5.75 Å². The minimum atomic E-state index is -0.859. The van der Waals surface area contributed by atoms with Crippen molar-refractivity contribution >= 4 is 28.3 Å². The van der Waals surface area contributed by atoms with Gasteiger partial charge >= 0.3 is 0 Å². The van der Waals surface area contributed by atoms with Crippen LogP contribution in [0.3, 0.4) is 0 Å². The number of rotatable bonds is 4. The Hall–Kier alpha value is -4.80. The van der Waals surface area contributed by atoms with E-state index in [0.29, 0.717) is 42.1 Å². The molecule has 1 amide bonds. The Morgan fingerprint density at radius 1 is 1.19 bits per heavy atom. The molecule has 0 radical (unpaired) electrons. The number of hydrogen-bond acceptors (Lipinski definition) is 7. The zero-order valence-corrected chi connectivity index (χ0v) is 24.4. The van der Waals surface area contributed by atoms with Crippen LogP contribution in [0.25, 0.3) is 28.0 Å². The predicted octanol–water partition coefficient (Wildman–Crippen LogP) is 4.88. The molecule has 2 N–H and O–H groups in total. The molecule has 2 aliphatic rings. The normalized spacial score (nSPS) is 17.9. The van der Waals surface area contributed by atoms with Crippen LogP contribution in [0.4, 0.5) is 20.2 Å². The second-order valence-corrected chi connectivity index (χ2v) is 11.4. The molecule has 0 aliphatic carbocycles. The Morgan fingerprint density at radius 3 is 2.65 bits per heavy atom. The number of fused-ring (bicyclic) bond motifs is 5. The summed E-state index contributed by atoms with van der Waals surface area (Å²) in [6, 6.07) is 6.27. The third-order valence-electron chi connectivity index (χ3n) is 8.27. The third kappa shape index (κ3) is 4.41. The summed E-state index contributed by atoms with van der Waals surface area (Å²) in [6.07, 6.45) is 2.95. The smallest absolute Gasteiger partial charge is 0.282 e. The number of halogens is 2. The number of phenols is 1. The van der Waals surface area contributed by atoms with E-state index in [2.05, 4.69) is 21.9 Å². The SMILES string of the molecule is C=CC(=O)N1CC(C)N2c3c(c(=O)n(-c4c(C)ccnc4C(C)C)c4nc(-c5c(O)cccc5F)c(F)cc34)NCC2C1. The third-order valence-corrected chi connectivity index (χ3v) is 8.27. The molecule has 2 aliphatic heterocycles. The number of amides is 1.